The number of ether oxygens (including phenoxy) is 2. The second-order valence-corrected chi connectivity index (χ2v) is 5.97. The maximum Gasteiger partial charge on any atom is 0.294 e. The Morgan fingerprint density at radius 2 is 1.96 bits per heavy atom. The Balaban J connectivity index is 1.35. The summed E-state index contributed by atoms with van der Waals surface area (Å²) >= 11 is 0. The second-order valence-electron chi connectivity index (χ2n) is 5.97. The summed E-state index contributed by atoms with van der Waals surface area (Å²) in [6, 6.07) is 10.5. The number of hydrogen-bond acceptors (Lipinski definition) is 6. The monoisotopic (exact) mass is 322 g/mol. The van der Waals surface area contributed by atoms with Crippen LogP contribution in [0.15, 0.2) is 30.3 Å². The first-order chi connectivity index (χ1) is 11.2. The summed E-state index contributed by atoms with van der Waals surface area (Å²) in [5, 5.41) is 13.1. The highest BCUT2D eigenvalue weighted by Gasteiger charge is 2.49. The van der Waals surface area contributed by atoms with Crippen LogP contribution in [0.4, 0.5) is 0 Å². The minimum absolute atomic E-state index is 0.0806. The van der Waals surface area contributed by atoms with Crippen LogP contribution in [0, 0.1) is 10.1 Å². The van der Waals surface area contributed by atoms with Crippen LogP contribution in [0.2, 0.25) is 0 Å². The van der Waals surface area contributed by atoms with Gasteiger partial charge in [0.2, 0.25) is 0 Å². The van der Waals surface area contributed by atoms with Crippen LogP contribution in [-0.4, -0.2) is 49.2 Å². The Hall–Kier alpha value is -1.70. The van der Waals surface area contributed by atoms with Gasteiger partial charge < -0.3 is 19.6 Å². The predicted molar refractivity (Wildman–Crippen MR) is 82.5 cm³/mol. The molecule has 23 heavy (non-hydrogen) atoms. The van der Waals surface area contributed by atoms with E-state index in [1.54, 1.807) is 0 Å². The maximum absolute atomic E-state index is 10.4. The van der Waals surface area contributed by atoms with Gasteiger partial charge in [0.25, 0.3) is 5.09 Å². The van der Waals surface area contributed by atoms with Gasteiger partial charge in [0.15, 0.2) is 6.10 Å². The van der Waals surface area contributed by atoms with E-state index < -0.39 is 11.2 Å². The van der Waals surface area contributed by atoms with E-state index in [-0.39, 0.29) is 24.9 Å². The highest BCUT2D eigenvalue weighted by molar-refractivity contribution is 5.14. The molecule has 1 aromatic rings. The minimum atomic E-state index is -0.774. The van der Waals surface area contributed by atoms with E-state index in [4.69, 9.17) is 9.47 Å². The highest BCUT2D eigenvalue weighted by atomic mass is 17.0. The van der Waals surface area contributed by atoms with Crippen LogP contribution in [0.3, 0.4) is 0 Å². The Morgan fingerprint density at radius 1 is 1.17 bits per heavy atom. The summed E-state index contributed by atoms with van der Waals surface area (Å²) in [7, 11) is 0. The van der Waals surface area contributed by atoms with Crippen LogP contribution in [0.5, 0.6) is 0 Å². The lowest BCUT2D eigenvalue weighted by atomic mass is 10.1. The fourth-order valence-corrected chi connectivity index (χ4v) is 3.23. The fourth-order valence-electron chi connectivity index (χ4n) is 3.23. The molecule has 1 N–H and O–H groups in total. The first-order valence-electron chi connectivity index (χ1n) is 8.06. The van der Waals surface area contributed by atoms with Crippen molar-refractivity contribution in [3.05, 3.63) is 46.0 Å². The zero-order valence-corrected chi connectivity index (χ0v) is 12.9. The molecule has 2 aliphatic heterocycles. The van der Waals surface area contributed by atoms with Crippen molar-refractivity contribution in [2.24, 2.45) is 0 Å². The van der Waals surface area contributed by atoms with E-state index in [2.05, 4.69) is 34.4 Å². The average Bonchev–Trinajstić information content (AvgIpc) is 3.11. The van der Waals surface area contributed by atoms with Gasteiger partial charge in [-0.25, -0.2) is 0 Å². The van der Waals surface area contributed by atoms with Gasteiger partial charge in [-0.15, -0.1) is 10.1 Å². The Bertz CT molecular complexity index is 512. The molecule has 0 saturated carbocycles. The summed E-state index contributed by atoms with van der Waals surface area (Å²) in [6.07, 6.45) is 2.14. The maximum atomic E-state index is 10.4. The molecule has 7 nitrogen and oxygen atoms in total. The quantitative estimate of drug-likeness (QED) is 0.442. The molecule has 7 heteroatoms. The number of nitrogens with zero attached hydrogens (tertiary/aromatic N) is 1. The number of fused-ring (bicyclic) bond motifs is 1. The van der Waals surface area contributed by atoms with E-state index in [1.807, 2.05) is 6.07 Å². The SMILES string of the molecule is O=[N+]([O-])O[C@@H]1CO[C@H]2[C@@H]1OC[C@@H]2NCCCCc1ccccc1. The summed E-state index contributed by atoms with van der Waals surface area (Å²) in [4.78, 5) is 15.1. The van der Waals surface area contributed by atoms with Crippen molar-refractivity contribution < 1.29 is 19.4 Å². The first kappa shape index (κ1) is 16.2. The normalized spacial score (nSPS) is 29.4. The average molecular weight is 322 g/mol. The van der Waals surface area contributed by atoms with Gasteiger partial charge >= 0.3 is 0 Å². The Kier molecular flexibility index (Phi) is 5.43. The molecule has 0 aromatic heterocycles. The largest absolute Gasteiger partial charge is 0.371 e. The molecule has 0 amide bonds. The molecule has 0 bridgehead atoms. The third-order valence-corrected chi connectivity index (χ3v) is 4.37. The molecule has 0 aliphatic carbocycles. The Morgan fingerprint density at radius 3 is 2.74 bits per heavy atom. The fraction of sp³-hybridized carbons (Fsp3) is 0.625. The van der Waals surface area contributed by atoms with Crippen molar-refractivity contribution in [1.29, 1.82) is 0 Å². The molecule has 126 valence electrons. The smallest absolute Gasteiger partial charge is 0.294 e. The third kappa shape index (κ3) is 4.19. The molecule has 3 rings (SSSR count). The molecule has 0 radical (unpaired) electrons. The van der Waals surface area contributed by atoms with Crippen LogP contribution in [0.1, 0.15) is 18.4 Å². The van der Waals surface area contributed by atoms with E-state index in [0.717, 1.165) is 25.8 Å². The van der Waals surface area contributed by atoms with Gasteiger partial charge in [0, 0.05) is 0 Å². The number of benzene rings is 1. The highest BCUT2D eigenvalue weighted by Crippen LogP contribution is 2.28. The van der Waals surface area contributed by atoms with Crippen LogP contribution >= 0.6 is 0 Å². The van der Waals surface area contributed by atoms with Gasteiger partial charge in [-0.1, -0.05) is 30.3 Å². The number of nitrogens with one attached hydrogen (secondary N) is 1. The molecule has 1 aromatic carbocycles. The summed E-state index contributed by atoms with van der Waals surface area (Å²) in [5.41, 5.74) is 1.36. The number of rotatable bonds is 8. The van der Waals surface area contributed by atoms with Gasteiger partial charge in [0.05, 0.1) is 19.3 Å². The van der Waals surface area contributed by atoms with Gasteiger partial charge in [-0.05, 0) is 31.4 Å². The summed E-state index contributed by atoms with van der Waals surface area (Å²) in [5.74, 6) is 0. The summed E-state index contributed by atoms with van der Waals surface area (Å²) < 4.78 is 11.2. The van der Waals surface area contributed by atoms with E-state index in [9.17, 15) is 10.1 Å². The standard InChI is InChI=1S/C16H22N2O5/c19-18(20)23-14-11-22-15-13(10-21-16(14)15)17-9-5-4-8-12-6-2-1-3-7-12/h1-3,6-7,13-17H,4-5,8-11H2/t13-,14+,15+,16+/m0/s1. The van der Waals surface area contributed by atoms with E-state index in [1.165, 1.54) is 5.56 Å². The van der Waals surface area contributed by atoms with Crippen molar-refractivity contribution in [3.63, 3.8) is 0 Å². The van der Waals surface area contributed by atoms with E-state index >= 15 is 0 Å². The zero-order chi connectivity index (χ0) is 16.1. The van der Waals surface area contributed by atoms with Gasteiger partial charge in [-0.2, -0.15) is 0 Å². The molecule has 2 fully saturated rings. The lowest BCUT2D eigenvalue weighted by molar-refractivity contribution is -0.769. The molecule has 2 heterocycles. The number of unbranched alkanes of at least 4 members (excludes halogenated alkanes) is 1. The van der Waals surface area contributed by atoms with Crippen molar-refractivity contribution in [2.75, 3.05) is 19.8 Å². The molecule has 0 unspecified atom stereocenters. The topological polar surface area (TPSA) is 82.9 Å². The second kappa shape index (κ2) is 7.72. The lowest BCUT2D eigenvalue weighted by Crippen LogP contribution is -2.42. The lowest BCUT2D eigenvalue weighted by Gasteiger charge is -2.17. The molecule has 4 atom stereocenters. The predicted octanol–water partition coefficient (Wildman–Crippen LogP) is 1.34. The van der Waals surface area contributed by atoms with Crippen LogP contribution in [-0.2, 0) is 20.7 Å². The Labute approximate surface area is 135 Å². The molecular weight excluding hydrogens is 300 g/mol. The number of aryl methyl sites for hydroxylation is 1. The summed E-state index contributed by atoms with van der Waals surface area (Å²) in [6.45, 7) is 1.60. The molecule has 2 saturated heterocycles. The molecule has 2 aliphatic rings. The number of hydrogen-bond donors (Lipinski definition) is 1. The van der Waals surface area contributed by atoms with Crippen LogP contribution in [0.25, 0.3) is 0 Å². The van der Waals surface area contributed by atoms with Crippen LogP contribution < -0.4 is 5.32 Å². The van der Waals surface area contributed by atoms with Gasteiger partial charge in [-0.3, -0.25) is 0 Å². The molecular formula is C16H22N2O5. The zero-order valence-electron chi connectivity index (χ0n) is 12.9. The van der Waals surface area contributed by atoms with Crippen molar-refractivity contribution in [3.8, 4) is 0 Å². The molecule has 0 spiro atoms. The van der Waals surface area contributed by atoms with E-state index in [0.29, 0.717) is 6.61 Å². The first-order valence-corrected chi connectivity index (χ1v) is 8.06. The van der Waals surface area contributed by atoms with Crippen molar-refractivity contribution in [2.45, 2.75) is 43.6 Å². The van der Waals surface area contributed by atoms with Gasteiger partial charge in [0.1, 0.15) is 12.2 Å². The minimum Gasteiger partial charge on any atom is -0.371 e. The third-order valence-electron chi connectivity index (χ3n) is 4.37. The van der Waals surface area contributed by atoms with Crippen molar-refractivity contribution in [1.82, 2.24) is 5.32 Å². The van der Waals surface area contributed by atoms with Crippen molar-refractivity contribution >= 4 is 0 Å².